The van der Waals surface area contributed by atoms with E-state index >= 15 is 0 Å². The topological polar surface area (TPSA) is 94.3 Å². The van der Waals surface area contributed by atoms with Gasteiger partial charge in [-0.15, -0.1) is 0 Å². The van der Waals surface area contributed by atoms with Gasteiger partial charge in [0.25, 0.3) is 11.8 Å². The summed E-state index contributed by atoms with van der Waals surface area (Å²) in [5.41, 5.74) is 1.91. The van der Waals surface area contributed by atoms with Crippen molar-refractivity contribution in [2.24, 2.45) is 0 Å². The van der Waals surface area contributed by atoms with Crippen molar-refractivity contribution in [2.75, 3.05) is 19.4 Å². The highest BCUT2D eigenvalue weighted by Crippen LogP contribution is 2.18. The molecule has 1 N–H and O–H groups in total. The Morgan fingerprint density at radius 2 is 1.97 bits per heavy atom. The zero-order chi connectivity index (χ0) is 21.0. The molecule has 0 bridgehead atoms. The summed E-state index contributed by atoms with van der Waals surface area (Å²) < 4.78 is 8.81. The largest absolute Gasteiger partial charge is 0.471 e. The van der Waals surface area contributed by atoms with Crippen LogP contribution in [0.25, 0.3) is 0 Å². The van der Waals surface area contributed by atoms with Crippen molar-refractivity contribution in [3.8, 4) is 5.75 Å². The molecule has 29 heavy (non-hydrogen) atoms. The van der Waals surface area contributed by atoms with Gasteiger partial charge in [0, 0.05) is 26.8 Å². The van der Waals surface area contributed by atoms with Gasteiger partial charge in [-0.3, -0.25) is 14.3 Å². The van der Waals surface area contributed by atoms with Crippen molar-refractivity contribution in [2.45, 2.75) is 27.1 Å². The van der Waals surface area contributed by atoms with Crippen LogP contribution in [-0.4, -0.2) is 50.4 Å². The second-order valence-electron chi connectivity index (χ2n) is 6.66. The van der Waals surface area contributed by atoms with Crippen LogP contribution < -0.4 is 10.1 Å². The van der Waals surface area contributed by atoms with Crippen LogP contribution in [0.15, 0.2) is 42.7 Å². The summed E-state index contributed by atoms with van der Waals surface area (Å²) in [6.07, 6.45) is 3.13. The summed E-state index contributed by atoms with van der Waals surface area (Å²) in [5, 5.41) is 11.1. The van der Waals surface area contributed by atoms with E-state index in [0.717, 1.165) is 11.3 Å². The maximum atomic E-state index is 12.6. The van der Waals surface area contributed by atoms with E-state index < -0.39 is 5.91 Å². The maximum absolute atomic E-state index is 12.6. The monoisotopic (exact) mass is 396 g/mol. The predicted octanol–water partition coefficient (Wildman–Crippen LogP) is 2.40. The van der Waals surface area contributed by atoms with Crippen molar-refractivity contribution in [3.05, 3.63) is 59.7 Å². The first-order chi connectivity index (χ1) is 13.9. The van der Waals surface area contributed by atoms with Crippen molar-refractivity contribution < 1.29 is 14.3 Å². The predicted molar refractivity (Wildman–Crippen MR) is 108 cm³/mol. The molecule has 2 amide bonds. The number of amides is 2. The molecule has 9 nitrogen and oxygen atoms in total. The molecule has 0 saturated heterocycles. The average molecular weight is 396 g/mol. The molecule has 0 aliphatic carbocycles. The van der Waals surface area contributed by atoms with Gasteiger partial charge >= 0.3 is 0 Å². The molecule has 0 fully saturated rings. The Labute approximate surface area is 168 Å². The van der Waals surface area contributed by atoms with E-state index in [0.29, 0.717) is 17.9 Å². The van der Waals surface area contributed by atoms with E-state index in [2.05, 4.69) is 15.5 Å². The van der Waals surface area contributed by atoms with Crippen molar-refractivity contribution >= 4 is 17.5 Å². The molecular weight excluding hydrogens is 372 g/mol. The molecule has 0 radical (unpaired) electrons. The lowest BCUT2D eigenvalue weighted by Gasteiger charge is -2.13. The SMILES string of the molecule is CCn1ncc(NC(=O)c2ccn(COc3ccccc3C)n2)c1C(=O)N(C)C. The number of carbonyl (C=O) groups excluding carboxylic acids is 2. The number of anilines is 1. The van der Waals surface area contributed by atoms with Gasteiger partial charge in [0.15, 0.2) is 12.4 Å². The number of nitrogens with one attached hydrogen (secondary N) is 1. The van der Waals surface area contributed by atoms with Gasteiger partial charge in [-0.1, -0.05) is 18.2 Å². The second-order valence-corrected chi connectivity index (χ2v) is 6.66. The Bertz CT molecular complexity index is 1020. The molecule has 2 heterocycles. The average Bonchev–Trinajstić information content (AvgIpc) is 3.33. The van der Waals surface area contributed by atoms with Gasteiger partial charge in [0.2, 0.25) is 0 Å². The lowest BCUT2D eigenvalue weighted by Crippen LogP contribution is -2.26. The minimum Gasteiger partial charge on any atom is -0.471 e. The van der Waals surface area contributed by atoms with Crippen LogP contribution in [0.2, 0.25) is 0 Å². The van der Waals surface area contributed by atoms with E-state index in [-0.39, 0.29) is 18.3 Å². The number of carbonyl (C=O) groups is 2. The number of benzene rings is 1. The first-order valence-electron chi connectivity index (χ1n) is 9.21. The molecule has 9 heteroatoms. The number of aryl methyl sites for hydroxylation is 2. The van der Waals surface area contributed by atoms with E-state index in [1.54, 1.807) is 31.0 Å². The minimum atomic E-state index is -0.428. The zero-order valence-electron chi connectivity index (χ0n) is 16.9. The molecule has 0 aliphatic heterocycles. The number of para-hydroxylation sites is 1. The lowest BCUT2D eigenvalue weighted by atomic mass is 10.2. The number of nitrogens with zero attached hydrogens (tertiary/aromatic N) is 5. The highest BCUT2D eigenvalue weighted by Gasteiger charge is 2.22. The first kappa shape index (κ1) is 20.1. The van der Waals surface area contributed by atoms with E-state index in [4.69, 9.17) is 4.74 Å². The quantitative estimate of drug-likeness (QED) is 0.662. The third kappa shape index (κ3) is 4.45. The van der Waals surface area contributed by atoms with E-state index in [1.807, 2.05) is 38.1 Å². The van der Waals surface area contributed by atoms with Crippen molar-refractivity contribution in [3.63, 3.8) is 0 Å². The van der Waals surface area contributed by atoms with Gasteiger partial charge in [-0.25, -0.2) is 4.68 Å². The fourth-order valence-corrected chi connectivity index (χ4v) is 2.75. The highest BCUT2D eigenvalue weighted by atomic mass is 16.5. The summed E-state index contributed by atoms with van der Waals surface area (Å²) in [5.74, 6) is 0.0905. The smallest absolute Gasteiger partial charge is 0.276 e. The maximum Gasteiger partial charge on any atom is 0.276 e. The van der Waals surface area contributed by atoms with E-state index in [1.165, 1.54) is 15.8 Å². The molecule has 1 aromatic carbocycles. The molecule has 2 aromatic heterocycles. The Kier molecular flexibility index (Phi) is 5.96. The molecule has 3 aromatic rings. The summed E-state index contributed by atoms with van der Waals surface area (Å²) in [6.45, 7) is 4.52. The summed E-state index contributed by atoms with van der Waals surface area (Å²) in [4.78, 5) is 26.5. The lowest BCUT2D eigenvalue weighted by molar-refractivity contribution is 0.0816. The van der Waals surface area contributed by atoms with Gasteiger partial charge in [-0.2, -0.15) is 10.2 Å². The molecule has 152 valence electrons. The third-order valence-electron chi connectivity index (χ3n) is 4.32. The second kappa shape index (κ2) is 8.59. The van der Waals surface area contributed by atoms with Crippen LogP contribution in [0.3, 0.4) is 0 Å². The normalized spacial score (nSPS) is 10.6. The van der Waals surface area contributed by atoms with Crippen molar-refractivity contribution in [1.82, 2.24) is 24.5 Å². The van der Waals surface area contributed by atoms with Crippen LogP contribution in [0.1, 0.15) is 33.5 Å². The highest BCUT2D eigenvalue weighted by molar-refractivity contribution is 6.07. The van der Waals surface area contributed by atoms with E-state index in [9.17, 15) is 9.59 Å². The first-order valence-corrected chi connectivity index (χ1v) is 9.21. The van der Waals surface area contributed by atoms with Crippen LogP contribution >= 0.6 is 0 Å². The van der Waals surface area contributed by atoms with Gasteiger partial charge in [0.1, 0.15) is 11.4 Å². The fourth-order valence-electron chi connectivity index (χ4n) is 2.75. The van der Waals surface area contributed by atoms with Crippen LogP contribution in [0.5, 0.6) is 5.75 Å². The Morgan fingerprint density at radius 3 is 2.66 bits per heavy atom. The Balaban J connectivity index is 1.70. The standard InChI is InChI=1S/C20H24N6O3/c1-5-26-18(20(28)24(3)4)16(12-21-26)22-19(27)15-10-11-25(23-15)13-29-17-9-7-6-8-14(17)2/h6-12H,5,13H2,1-4H3,(H,22,27). The fraction of sp³-hybridized carbons (Fsp3) is 0.300. The van der Waals surface area contributed by atoms with Gasteiger partial charge < -0.3 is 15.0 Å². The number of rotatable bonds is 7. The molecule has 0 unspecified atom stereocenters. The Hall–Kier alpha value is -3.62. The van der Waals surface area contributed by atoms with Gasteiger partial charge in [-0.05, 0) is 31.5 Å². The summed E-state index contributed by atoms with van der Waals surface area (Å²) in [7, 11) is 3.30. The minimum absolute atomic E-state index is 0.177. The van der Waals surface area contributed by atoms with Crippen LogP contribution in [-0.2, 0) is 13.3 Å². The summed E-state index contributed by atoms with van der Waals surface area (Å²) >= 11 is 0. The summed E-state index contributed by atoms with van der Waals surface area (Å²) in [6, 6.07) is 9.26. The zero-order valence-corrected chi connectivity index (χ0v) is 16.9. The number of hydrogen-bond donors (Lipinski definition) is 1. The number of hydrogen-bond acceptors (Lipinski definition) is 5. The molecular formula is C20H24N6O3. The molecule has 0 atom stereocenters. The van der Waals surface area contributed by atoms with Gasteiger partial charge in [0.05, 0.1) is 11.9 Å². The molecule has 3 rings (SSSR count). The molecule has 0 spiro atoms. The third-order valence-corrected chi connectivity index (χ3v) is 4.32. The number of aromatic nitrogens is 4. The molecule has 0 saturated carbocycles. The van der Waals surface area contributed by atoms with Crippen LogP contribution in [0.4, 0.5) is 5.69 Å². The number of ether oxygens (including phenoxy) is 1. The Morgan fingerprint density at radius 1 is 1.21 bits per heavy atom. The molecule has 0 aliphatic rings. The van der Waals surface area contributed by atoms with Crippen molar-refractivity contribution in [1.29, 1.82) is 0 Å². The van der Waals surface area contributed by atoms with Crippen LogP contribution in [0, 0.1) is 6.92 Å².